The summed E-state index contributed by atoms with van der Waals surface area (Å²) in [4.78, 5) is 2.31. The summed E-state index contributed by atoms with van der Waals surface area (Å²) in [6.07, 6.45) is 0.901. The number of nitrogens with zero attached hydrogens (tertiary/aromatic N) is 3. The molecule has 1 fully saturated rings. The van der Waals surface area contributed by atoms with Crippen LogP contribution in [0, 0.1) is 0 Å². The number of rotatable bonds is 5. The Morgan fingerprint density at radius 2 is 1.89 bits per heavy atom. The lowest BCUT2D eigenvalue weighted by Gasteiger charge is -2.28. The molecule has 0 saturated carbocycles. The second-order valence-electron chi connectivity index (χ2n) is 4.90. The van der Waals surface area contributed by atoms with Crippen LogP contribution in [0.25, 0.3) is 0 Å². The summed E-state index contributed by atoms with van der Waals surface area (Å²) in [6.45, 7) is 7.78. The number of halogens is 1. The molecular formula is C11H24BrN3O2S. The van der Waals surface area contributed by atoms with Crippen molar-refractivity contribution in [2.75, 3.05) is 45.1 Å². The van der Waals surface area contributed by atoms with Crippen LogP contribution in [0.15, 0.2) is 0 Å². The van der Waals surface area contributed by atoms with Gasteiger partial charge >= 0.3 is 0 Å². The molecular weight excluding hydrogens is 318 g/mol. The van der Waals surface area contributed by atoms with Gasteiger partial charge in [0.2, 0.25) is 0 Å². The maximum atomic E-state index is 12.4. The normalized spacial score (nSPS) is 20.6. The predicted octanol–water partition coefficient (Wildman–Crippen LogP) is 0.974. The standard InChI is InChI=1S/C11H24BrN3O2S/c1-11(2)13(3)18(16,17)15-7-4-6-14(8-5-12)9-10-15/h11H,4-10H2,1-3H3. The summed E-state index contributed by atoms with van der Waals surface area (Å²) in [5.41, 5.74) is 0. The van der Waals surface area contributed by atoms with Crippen LogP contribution in [0.2, 0.25) is 0 Å². The summed E-state index contributed by atoms with van der Waals surface area (Å²) in [5.74, 6) is 0. The van der Waals surface area contributed by atoms with E-state index in [1.165, 1.54) is 4.31 Å². The molecule has 1 rings (SSSR count). The lowest BCUT2D eigenvalue weighted by atomic mass is 10.4. The molecule has 18 heavy (non-hydrogen) atoms. The highest BCUT2D eigenvalue weighted by atomic mass is 79.9. The SMILES string of the molecule is CC(C)N(C)S(=O)(=O)N1CCCN(CCBr)CC1. The van der Waals surface area contributed by atoms with Gasteiger partial charge in [0, 0.05) is 44.6 Å². The van der Waals surface area contributed by atoms with Gasteiger partial charge in [0.15, 0.2) is 0 Å². The van der Waals surface area contributed by atoms with Crippen molar-refractivity contribution in [3.8, 4) is 0 Å². The minimum absolute atomic E-state index is 0.00287. The van der Waals surface area contributed by atoms with Crippen molar-refractivity contribution < 1.29 is 8.42 Å². The molecule has 0 aliphatic carbocycles. The van der Waals surface area contributed by atoms with Crippen LogP contribution in [0.3, 0.4) is 0 Å². The fourth-order valence-corrected chi connectivity index (χ4v) is 4.04. The van der Waals surface area contributed by atoms with Crippen molar-refractivity contribution in [2.45, 2.75) is 26.3 Å². The van der Waals surface area contributed by atoms with Crippen molar-refractivity contribution in [3.05, 3.63) is 0 Å². The Bertz CT molecular complexity index is 348. The van der Waals surface area contributed by atoms with E-state index in [0.717, 1.165) is 31.4 Å². The van der Waals surface area contributed by atoms with Crippen molar-refractivity contribution >= 4 is 26.1 Å². The molecule has 0 radical (unpaired) electrons. The minimum atomic E-state index is -3.29. The molecule has 0 N–H and O–H groups in total. The molecule has 0 unspecified atom stereocenters. The molecule has 1 saturated heterocycles. The molecule has 0 spiro atoms. The molecule has 0 aromatic heterocycles. The lowest BCUT2D eigenvalue weighted by Crippen LogP contribution is -2.46. The Balaban J connectivity index is 2.67. The second-order valence-corrected chi connectivity index (χ2v) is 7.68. The molecule has 1 aliphatic heterocycles. The molecule has 0 atom stereocenters. The molecule has 1 heterocycles. The van der Waals surface area contributed by atoms with Gasteiger partial charge in [0.05, 0.1) is 0 Å². The third-order valence-corrected chi connectivity index (χ3v) is 5.89. The van der Waals surface area contributed by atoms with E-state index < -0.39 is 10.2 Å². The zero-order chi connectivity index (χ0) is 13.8. The van der Waals surface area contributed by atoms with Gasteiger partial charge in [-0.25, -0.2) is 0 Å². The summed E-state index contributed by atoms with van der Waals surface area (Å²) in [5, 5.41) is 0.936. The molecule has 5 nitrogen and oxygen atoms in total. The van der Waals surface area contributed by atoms with Crippen molar-refractivity contribution in [2.24, 2.45) is 0 Å². The average molecular weight is 342 g/mol. The first kappa shape index (κ1) is 16.4. The fraction of sp³-hybridized carbons (Fsp3) is 1.00. The van der Waals surface area contributed by atoms with Crippen LogP contribution in [-0.4, -0.2) is 73.1 Å². The Labute approximate surface area is 119 Å². The molecule has 0 aromatic rings. The Kier molecular flexibility index (Phi) is 6.54. The third kappa shape index (κ3) is 4.16. The highest BCUT2D eigenvalue weighted by molar-refractivity contribution is 9.09. The van der Waals surface area contributed by atoms with Crippen LogP contribution in [-0.2, 0) is 10.2 Å². The van der Waals surface area contributed by atoms with E-state index in [0.29, 0.717) is 13.1 Å². The first-order valence-corrected chi connectivity index (χ1v) is 8.93. The summed E-state index contributed by atoms with van der Waals surface area (Å²) in [6, 6.07) is -0.00287. The van der Waals surface area contributed by atoms with E-state index >= 15 is 0 Å². The summed E-state index contributed by atoms with van der Waals surface area (Å²) >= 11 is 3.43. The van der Waals surface area contributed by atoms with Crippen LogP contribution in [0.4, 0.5) is 0 Å². The van der Waals surface area contributed by atoms with E-state index in [9.17, 15) is 8.42 Å². The lowest BCUT2D eigenvalue weighted by molar-refractivity contribution is 0.298. The van der Waals surface area contributed by atoms with E-state index in [-0.39, 0.29) is 6.04 Å². The Morgan fingerprint density at radius 3 is 2.44 bits per heavy atom. The third-order valence-electron chi connectivity index (χ3n) is 3.37. The largest absolute Gasteiger partial charge is 0.301 e. The van der Waals surface area contributed by atoms with Gasteiger partial charge in [-0.1, -0.05) is 15.9 Å². The molecule has 108 valence electrons. The van der Waals surface area contributed by atoms with Crippen molar-refractivity contribution in [3.63, 3.8) is 0 Å². The first-order valence-electron chi connectivity index (χ1n) is 6.41. The molecule has 0 aromatic carbocycles. The van der Waals surface area contributed by atoms with Crippen LogP contribution < -0.4 is 0 Å². The van der Waals surface area contributed by atoms with Gasteiger partial charge in [-0.15, -0.1) is 0 Å². The van der Waals surface area contributed by atoms with E-state index in [1.807, 2.05) is 13.8 Å². The molecule has 0 bridgehead atoms. The average Bonchev–Trinajstić information content (AvgIpc) is 2.54. The smallest absolute Gasteiger partial charge is 0.282 e. The van der Waals surface area contributed by atoms with Crippen LogP contribution >= 0.6 is 15.9 Å². The summed E-state index contributed by atoms with van der Waals surface area (Å²) in [7, 11) is -1.64. The van der Waals surface area contributed by atoms with Gasteiger partial charge in [-0.2, -0.15) is 17.0 Å². The second kappa shape index (κ2) is 7.19. The Hall–Kier alpha value is 0.310. The first-order chi connectivity index (χ1) is 8.39. The molecule has 1 aliphatic rings. The van der Waals surface area contributed by atoms with Gasteiger partial charge in [-0.05, 0) is 26.8 Å². The summed E-state index contributed by atoms with van der Waals surface area (Å²) < 4.78 is 27.8. The van der Waals surface area contributed by atoms with Crippen LogP contribution in [0.5, 0.6) is 0 Å². The maximum absolute atomic E-state index is 12.4. The Morgan fingerprint density at radius 1 is 1.22 bits per heavy atom. The van der Waals surface area contributed by atoms with Crippen LogP contribution in [0.1, 0.15) is 20.3 Å². The maximum Gasteiger partial charge on any atom is 0.282 e. The fourth-order valence-electron chi connectivity index (χ4n) is 1.97. The van der Waals surface area contributed by atoms with Crippen molar-refractivity contribution in [1.82, 2.24) is 13.5 Å². The molecule has 0 amide bonds. The van der Waals surface area contributed by atoms with E-state index in [2.05, 4.69) is 20.8 Å². The number of hydrogen-bond donors (Lipinski definition) is 0. The van der Waals surface area contributed by atoms with E-state index in [1.54, 1.807) is 11.4 Å². The van der Waals surface area contributed by atoms with E-state index in [4.69, 9.17) is 0 Å². The van der Waals surface area contributed by atoms with Gasteiger partial charge < -0.3 is 4.90 Å². The van der Waals surface area contributed by atoms with Gasteiger partial charge in [0.1, 0.15) is 0 Å². The highest BCUT2D eigenvalue weighted by Gasteiger charge is 2.29. The van der Waals surface area contributed by atoms with Gasteiger partial charge in [-0.3, -0.25) is 0 Å². The zero-order valence-corrected chi connectivity index (χ0v) is 13.9. The van der Waals surface area contributed by atoms with Crippen molar-refractivity contribution in [1.29, 1.82) is 0 Å². The predicted molar refractivity (Wildman–Crippen MR) is 78.2 cm³/mol. The zero-order valence-electron chi connectivity index (χ0n) is 11.5. The number of hydrogen-bond acceptors (Lipinski definition) is 3. The number of alkyl halides is 1. The van der Waals surface area contributed by atoms with Gasteiger partial charge in [0.25, 0.3) is 10.2 Å². The quantitative estimate of drug-likeness (QED) is 0.700. The minimum Gasteiger partial charge on any atom is -0.301 e. The topological polar surface area (TPSA) is 43.9 Å². The highest BCUT2D eigenvalue weighted by Crippen LogP contribution is 2.13. The molecule has 7 heteroatoms. The monoisotopic (exact) mass is 341 g/mol.